The van der Waals surface area contributed by atoms with Gasteiger partial charge in [0.25, 0.3) is 0 Å². The van der Waals surface area contributed by atoms with E-state index < -0.39 is 0 Å². The molecule has 0 atom stereocenters. The average Bonchev–Trinajstić information content (AvgIpc) is 3.32. The van der Waals surface area contributed by atoms with Gasteiger partial charge in [-0.05, 0) is 56.8 Å². The number of thiophene rings is 1. The fourth-order valence-corrected chi connectivity index (χ4v) is 5.29. The number of hydrogen-bond acceptors (Lipinski definition) is 3. The molecule has 0 fully saturated rings. The van der Waals surface area contributed by atoms with E-state index in [-0.39, 0.29) is 0 Å². The second-order valence-electron chi connectivity index (χ2n) is 7.57. The van der Waals surface area contributed by atoms with Gasteiger partial charge in [-0.15, -0.1) is 11.3 Å². The van der Waals surface area contributed by atoms with Gasteiger partial charge in [0.2, 0.25) is 0 Å². The van der Waals surface area contributed by atoms with Gasteiger partial charge in [0.1, 0.15) is 6.07 Å². The highest BCUT2D eigenvalue weighted by atomic mass is 32.1. The maximum Gasteiger partial charge on any atom is 0.102 e. The Kier molecular flexibility index (Phi) is 3.65. The third-order valence-corrected chi connectivity index (χ3v) is 6.81. The van der Waals surface area contributed by atoms with Gasteiger partial charge >= 0.3 is 0 Å². The first-order valence-electron chi connectivity index (χ1n) is 9.87. The van der Waals surface area contributed by atoms with E-state index in [1.54, 1.807) is 11.3 Å². The average molecular weight is 401 g/mol. The molecule has 30 heavy (non-hydrogen) atoms. The van der Waals surface area contributed by atoms with E-state index in [1.165, 1.54) is 32.3 Å². The molecule has 2 nitrogen and oxygen atoms in total. The van der Waals surface area contributed by atoms with Crippen molar-refractivity contribution in [3.63, 3.8) is 0 Å². The summed E-state index contributed by atoms with van der Waals surface area (Å²) < 4.78 is 0. The van der Waals surface area contributed by atoms with Crippen LogP contribution in [0.2, 0.25) is 0 Å². The van der Waals surface area contributed by atoms with E-state index in [9.17, 15) is 5.26 Å². The summed E-state index contributed by atoms with van der Waals surface area (Å²) in [4.78, 5) is 5.94. The predicted molar refractivity (Wildman–Crippen MR) is 126 cm³/mol. The molecule has 0 aliphatic heterocycles. The highest BCUT2D eigenvalue weighted by molar-refractivity contribution is 7.13. The van der Waals surface area contributed by atoms with Crippen LogP contribution in [0.25, 0.3) is 54.0 Å². The minimum absolute atomic E-state index is 0.652. The van der Waals surface area contributed by atoms with Crippen LogP contribution in [0.4, 0.5) is 0 Å². The molecule has 0 saturated heterocycles. The highest BCUT2D eigenvalue weighted by Gasteiger charge is 2.16. The van der Waals surface area contributed by atoms with Crippen molar-refractivity contribution in [1.82, 2.24) is 4.98 Å². The smallest absolute Gasteiger partial charge is 0.102 e. The first kappa shape index (κ1) is 17.1. The van der Waals surface area contributed by atoms with Gasteiger partial charge in [-0.2, -0.15) is 5.26 Å². The molecular formula is C27H16N2S. The standard InChI is InChI=1S/C27H16N2S/c1-16-23(15-28)22(25-6-3-13-30-25)14-24(29-16)20-11-9-19-8-7-17-4-2-5-18-10-12-21(20)27(19)26(17)18/h2-14H,1H3. The van der Waals surface area contributed by atoms with E-state index in [2.05, 4.69) is 72.8 Å². The topological polar surface area (TPSA) is 36.7 Å². The van der Waals surface area contributed by atoms with E-state index in [0.717, 1.165) is 27.4 Å². The molecule has 2 heterocycles. The molecule has 0 spiro atoms. The molecule has 0 saturated carbocycles. The molecule has 0 aliphatic carbocycles. The minimum Gasteiger partial charge on any atom is -0.252 e. The van der Waals surface area contributed by atoms with Crippen molar-refractivity contribution >= 4 is 43.7 Å². The largest absolute Gasteiger partial charge is 0.252 e. The third-order valence-electron chi connectivity index (χ3n) is 5.90. The van der Waals surface area contributed by atoms with Crippen LogP contribution < -0.4 is 0 Å². The number of hydrogen-bond donors (Lipinski definition) is 0. The zero-order chi connectivity index (χ0) is 20.2. The van der Waals surface area contributed by atoms with Crippen molar-refractivity contribution in [2.24, 2.45) is 0 Å². The lowest BCUT2D eigenvalue weighted by Crippen LogP contribution is -1.96. The van der Waals surface area contributed by atoms with Crippen molar-refractivity contribution in [1.29, 1.82) is 5.26 Å². The molecule has 2 aromatic heterocycles. The maximum absolute atomic E-state index is 9.73. The summed E-state index contributed by atoms with van der Waals surface area (Å²) in [5, 5.41) is 19.3. The Balaban J connectivity index is 1.71. The molecule has 0 aliphatic rings. The Labute approximate surface area is 178 Å². The lowest BCUT2D eigenvalue weighted by atomic mass is 9.90. The number of rotatable bonds is 2. The van der Waals surface area contributed by atoms with Crippen LogP contribution in [0, 0.1) is 18.3 Å². The fourth-order valence-electron chi connectivity index (χ4n) is 4.54. The summed E-state index contributed by atoms with van der Waals surface area (Å²) in [5.74, 6) is 0. The SMILES string of the molecule is Cc1nc(-c2ccc3ccc4cccc5ccc2c3c45)cc(-c2cccs2)c1C#N. The predicted octanol–water partition coefficient (Wildman–Crippen LogP) is 7.55. The minimum atomic E-state index is 0.652. The van der Waals surface area contributed by atoms with Crippen LogP contribution >= 0.6 is 11.3 Å². The van der Waals surface area contributed by atoms with Crippen molar-refractivity contribution in [2.45, 2.75) is 6.92 Å². The Hall–Kier alpha value is -3.74. The summed E-state index contributed by atoms with van der Waals surface area (Å²) in [6.45, 7) is 1.93. The van der Waals surface area contributed by atoms with Gasteiger partial charge in [0.05, 0.1) is 17.0 Å². The molecular weight excluding hydrogens is 384 g/mol. The summed E-state index contributed by atoms with van der Waals surface area (Å²) >= 11 is 1.65. The first-order chi connectivity index (χ1) is 14.7. The van der Waals surface area contributed by atoms with Crippen LogP contribution in [0.1, 0.15) is 11.3 Å². The number of nitrogens with zero attached hydrogens (tertiary/aromatic N) is 2. The molecule has 3 heteroatoms. The molecule has 6 aromatic rings. The van der Waals surface area contributed by atoms with Crippen molar-refractivity contribution in [3.8, 4) is 27.8 Å². The summed E-state index contributed by atoms with van der Waals surface area (Å²) in [6, 6.07) is 28.1. The van der Waals surface area contributed by atoms with Crippen LogP contribution in [0.5, 0.6) is 0 Å². The number of pyridine rings is 1. The van der Waals surface area contributed by atoms with Gasteiger partial charge in [-0.3, -0.25) is 4.98 Å². The summed E-state index contributed by atoms with van der Waals surface area (Å²) in [7, 11) is 0. The van der Waals surface area contributed by atoms with Gasteiger partial charge in [-0.1, -0.05) is 60.7 Å². The van der Waals surface area contributed by atoms with Crippen LogP contribution in [0.3, 0.4) is 0 Å². The molecule has 0 N–H and O–H groups in total. The molecule has 6 rings (SSSR count). The van der Waals surface area contributed by atoms with Gasteiger partial charge in [-0.25, -0.2) is 0 Å². The maximum atomic E-state index is 9.73. The van der Waals surface area contributed by atoms with E-state index in [4.69, 9.17) is 4.98 Å². The zero-order valence-electron chi connectivity index (χ0n) is 16.3. The number of aryl methyl sites for hydroxylation is 1. The Bertz CT molecular complexity index is 1590. The van der Waals surface area contributed by atoms with Crippen LogP contribution in [0.15, 0.2) is 78.2 Å². The van der Waals surface area contributed by atoms with Crippen molar-refractivity contribution < 1.29 is 0 Å². The van der Waals surface area contributed by atoms with Gasteiger partial charge in [0.15, 0.2) is 0 Å². The molecule has 0 amide bonds. The second kappa shape index (κ2) is 6.38. The number of nitriles is 1. The lowest BCUT2D eigenvalue weighted by Gasteiger charge is -2.15. The van der Waals surface area contributed by atoms with Gasteiger partial charge < -0.3 is 0 Å². The normalized spacial score (nSPS) is 11.5. The lowest BCUT2D eigenvalue weighted by molar-refractivity contribution is 1.19. The van der Waals surface area contributed by atoms with Crippen LogP contribution in [-0.4, -0.2) is 4.98 Å². The van der Waals surface area contributed by atoms with Crippen LogP contribution in [-0.2, 0) is 0 Å². The Morgan fingerprint density at radius 1 is 0.800 bits per heavy atom. The molecule has 4 aromatic carbocycles. The molecule has 140 valence electrons. The zero-order valence-corrected chi connectivity index (χ0v) is 17.1. The highest BCUT2D eigenvalue weighted by Crippen LogP contribution is 2.40. The van der Waals surface area contributed by atoms with E-state index in [1.807, 2.05) is 18.4 Å². The van der Waals surface area contributed by atoms with Gasteiger partial charge in [0, 0.05) is 16.0 Å². The summed E-state index contributed by atoms with van der Waals surface area (Å²) in [6.07, 6.45) is 0. The second-order valence-corrected chi connectivity index (χ2v) is 8.52. The van der Waals surface area contributed by atoms with E-state index >= 15 is 0 Å². The molecule has 0 unspecified atom stereocenters. The third kappa shape index (κ3) is 2.38. The molecule has 0 radical (unpaired) electrons. The summed E-state index contributed by atoms with van der Waals surface area (Å²) in [5.41, 5.74) is 4.39. The number of benzene rings is 4. The number of aromatic nitrogens is 1. The van der Waals surface area contributed by atoms with E-state index in [0.29, 0.717) is 5.56 Å². The first-order valence-corrected chi connectivity index (χ1v) is 10.7. The van der Waals surface area contributed by atoms with Crippen molar-refractivity contribution in [2.75, 3.05) is 0 Å². The Morgan fingerprint density at radius 2 is 1.53 bits per heavy atom. The fraction of sp³-hybridized carbons (Fsp3) is 0.0370. The molecule has 0 bridgehead atoms. The quantitative estimate of drug-likeness (QED) is 0.281. The van der Waals surface area contributed by atoms with Crippen molar-refractivity contribution in [3.05, 3.63) is 89.4 Å². The Morgan fingerprint density at radius 3 is 2.27 bits per heavy atom. The monoisotopic (exact) mass is 400 g/mol.